The number of nitrogens with one attached hydrogen (secondary N) is 1. The predicted molar refractivity (Wildman–Crippen MR) is 92.5 cm³/mol. The first-order chi connectivity index (χ1) is 12.3. The number of sulfonamides is 1. The van der Waals surface area contributed by atoms with Gasteiger partial charge in [-0.05, 0) is 18.2 Å². The standard InChI is InChI=1S/C15H19ClN2O7S/c1-23-10-15(20)25-9-14(19)17-11-2-3-12(16)13(8-11)26(21,22)18-4-6-24-7-5-18/h2-3,8H,4-7,9-10H2,1H3,(H,17,19). The van der Waals surface area contributed by atoms with Crippen molar-refractivity contribution in [2.24, 2.45) is 0 Å². The molecule has 1 aliphatic heterocycles. The van der Waals surface area contributed by atoms with E-state index < -0.39 is 28.5 Å². The average Bonchev–Trinajstić information content (AvgIpc) is 2.62. The lowest BCUT2D eigenvalue weighted by molar-refractivity contribution is -0.150. The summed E-state index contributed by atoms with van der Waals surface area (Å²) in [7, 11) is -2.49. The van der Waals surface area contributed by atoms with Gasteiger partial charge < -0.3 is 19.5 Å². The number of hydrogen-bond donors (Lipinski definition) is 1. The molecule has 26 heavy (non-hydrogen) atoms. The second-order valence-corrected chi connectivity index (χ2v) is 7.62. The molecule has 1 heterocycles. The van der Waals surface area contributed by atoms with Crippen LogP contribution in [0.1, 0.15) is 0 Å². The van der Waals surface area contributed by atoms with E-state index >= 15 is 0 Å². The Morgan fingerprint density at radius 1 is 1.27 bits per heavy atom. The number of esters is 1. The van der Waals surface area contributed by atoms with Crippen LogP contribution in [0.25, 0.3) is 0 Å². The molecule has 0 aromatic heterocycles. The van der Waals surface area contributed by atoms with Gasteiger partial charge in [-0.2, -0.15) is 4.31 Å². The molecule has 0 atom stereocenters. The molecule has 9 nitrogen and oxygen atoms in total. The van der Waals surface area contributed by atoms with Crippen molar-refractivity contribution in [2.75, 3.05) is 51.9 Å². The van der Waals surface area contributed by atoms with Crippen LogP contribution >= 0.6 is 11.6 Å². The first-order valence-corrected chi connectivity index (χ1v) is 9.48. The minimum Gasteiger partial charge on any atom is -0.454 e. The van der Waals surface area contributed by atoms with E-state index in [0.29, 0.717) is 13.2 Å². The molecular weight excluding hydrogens is 388 g/mol. The molecular formula is C15H19ClN2O7S. The lowest BCUT2D eigenvalue weighted by Crippen LogP contribution is -2.40. The summed E-state index contributed by atoms with van der Waals surface area (Å²) < 4.78 is 41.1. The maximum absolute atomic E-state index is 12.7. The van der Waals surface area contributed by atoms with Gasteiger partial charge in [0.1, 0.15) is 11.5 Å². The van der Waals surface area contributed by atoms with Gasteiger partial charge >= 0.3 is 5.97 Å². The molecule has 1 aromatic rings. The number of ether oxygens (including phenoxy) is 3. The van der Waals surface area contributed by atoms with Crippen LogP contribution in [0.15, 0.2) is 23.1 Å². The zero-order chi connectivity index (χ0) is 19.2. The number of benzene rings is 1. The van der Waals surface area contributed by atoms with Crippen molar-refractivity contribution in [1.82, 2.24) is 4.31 Å². The third-order valence-corrected chi connectivity index (χ3v) is 5.81. The maximum atomic E-state index is 12.7. The fourth-order valence-electron chi connectivity index (χ4n) is 2.21. The van der Waals surface area contributed by atoms with Crippen molar-refractivity contribution >= 4 is 39.2 Å². The molecule has 0 spiro atoms. The van der Waals surface area contributed by atoms with E-state index in [1.807, 2.05) is 0 Å². The molecule has 144 valence electrons. The normalized spacial score (nSPS) is 15.5. The fourth-order valence-corrected chi connectivity index (χ4v) is 4.12. The van der Waals surface area contributed by atoms with Crippen LogP contribution in [0.3, 0.4) is 0 Å². The Morgan fingerprint density at radius 2 is 1.96 bits per heavy atom. The third kappa shape index (κ3) is 5.39. The number of rotatable bonds is 7. The van der Waals surface area contributed by atoms with E-state index in [1.165, 1.54) is 29.6 Å². The molecule has 1 fully saturated rings. The van der Waals surface area contributed by atoms with E-state index in [9.17, 15) is 18.0 Å². The molecule has 1 aliphatic rings. The zero-order valence-corrected chi connectivity index (χ0v) is 15.6. The number of morpholine rings is 1. The number of halogens is 1. The molecule has 0 unspecified atom stereocenters. The van der Waals surface area contributed by atoms with Gasteiger partial charge in [-0.3, -0.25) is 4.79 Å². The van der Waals surface area contributed by atoms with Crippen LogP contribution in [0.4, 0.5) is 5.69 Å². The second-order valence-electron chi connectivity index (χ2n) is 5.30. The fraction of sp³-hybridized carbons (Fsp3) is 0.467. The SMILES string of the molecule is COCC(=O)OCC(=O)Nc1ccc(Cl)c(S(=O)(=O)N2CCOCC2)c1. The Balaban J connectivity index is 2.09. The number of methoxy groups -OCH3 is 1. The van der Waals surface area contributed by atoms with E-state index in [2.05, 4.69) is 10.1 Å². The first-order valence-electron chi connectivity index (χ1n) is 7.66. The van der Waals surface area contributed by atoms with Gasteiger partial charge in [-0.15, -0.1) is 0 Å². The summed E-state index contributed by atoms with van der Waals surface area (Å²) in [6.07, 6.45) is 0. The molecule has 1 aromatic carbocycles. The monoisotopic (exact) mass is 406 g/mol. The molecule has 0 bridgehead atoms. The number of nitrogens with zero attached hydrogens (tertiary/aromatic N) is 1. The highest BCUT2D eigenvalue weighted by atomic mass is 35.5. The van der Waals surface area contributed by atoms with Gasteiger partial charge in [-0.1, -0.05) is 11.6 Å². The minimum absolute atomic E-state index is 0.0426. The van der Waals surface area contributed by atoms with Gasteiger partial charge in [0, 0.05) is 25.9 Å². The van der Waals surface area contributed by atoms with Gasteiger partial charge in [0.15, 0.2) is 6.61 Å². The second kappa shape index (κ2) is 9.28. The number of anilines is 1. The van der Waals surface area contributed by atoms with Crippen LogP contribution in [-0.4, -0.2) is 71.2 Å². The Hall–Kier alpha value is -1.72. The summed E-state index contributed by atoms with van der Waals surface area (Å²) in [4.78, 5) is 22.9. The Bertz CT molecular complexity index is 763. The molecule has 0 radical (unpaired) electrons. The maximum Gasteiger partial charge on any atom is 0.332 e. The van der Waals surface area contributed by atoms with Gasteiger partial charge in [0.25, 0.3) is 5.91 Å². The van der Waals surface area contributed by atoms with Crippen LogP contribution in [0.5, 0.6) is 0 Å². The number of carbonyl (C=O) groups is 2. The third-order valence-electron chi connectivity index (χ3n) is 3.43. The van der Waals surface area contributed by atoms with E-state index in [1.54, 1.807) is 0 Å². The van der Waals surface area contributed by atoms with Crippen molar-refractivity contribution in [2.45, 2.75) is 4.90 Å². The molecule has 2 rings (SSSR count). The van der Waals surface area contributed by atoms with Crippen LogP contribution in [0.2, 0.25) is 5.02 Å². The predicted octanol–water partition coefficient (Wildman–Crippen LogP) is 0.489. The van der Waals surface area contributed by atoms with Crippen molar-refractivity contribution in [3.05, 3.63) is 23.2 Å². The first kappa shape index (κ1) is 20.6. The summed E-state index contributed by atoms with van der Waals surface area (Å²) in [5.74, 6) is -1.30. The molecule has 1 saturated heterocycles. The number of carbonyl (C=O) groups excluding carboxylic acids is 2. The van der Waals surface area contributed by atoms with Crippen molar-refractivity contribution in [1.29, 1.82) is 0 Å². The molecule has 0 saturated carbocycles. The van der Waals surface area contributed by atoms with Crippen molar-refractivity contribution in [3.63, 3.8) is 0 Å². The van der Waals surface area contributed by atoms with Gasteiger partial charge in [0.05, 0.1) is 18.2 Å². The van der Waals surface area contributed by atoms with Crippen molar-refractivity contribution < 1.29 is 32.2 Å². The van der Waals surface area contributed by atoms with Crippen LogP contribution in [0, 0.1) is 0 Å². The smallest absolute Gasteiger partial charge is 0.332 e. The molecule has 0 aliphatic carbocycles. The van der Waals surface area contributed by atoms with Gasteiger partial charge in [0.2, 0.25) is 10.0 Å². The van der Waals surface area contributed by atoms with Crippen LogP contribution < -0.4 is 5.32 Å². The summed E-state index contributed by atoms with van der Waals surface area (Å²) in [5, 5.41) is 2.50. The van der Waals surface area contributed by atoms with E-state index in [-0.39, 0.29) is 35.3 Å². The number of hydrogen-bond acceptors (Lipinski definition) is 7. The molecule has 11 heteroatoms. The Morgan fingerprint density at radius 3 is 2.62 bits per heavy atom. The highest BCUT2D eigenvalue weighted by Crippen LogP contribution is 2.28. The highest BCUT2D eigenvalue weighted by Gasteiger charge is 2.28. The lowest BCUT2D eigenvalue weighted by atomic mass is 10.3. The molecule has 1 N–H and O–H groups in total. The summed E-state index contributed by atoms with van der Waals surface area (Å²) >= 11 is 6.04. The minimum atomic E-state index is -3.82. The lowest BCUT2D eigenvalue weighted by Gasteiger charge is -2.26. The Labute approximate surface area is 156 Å². The van der Waals surface area contributed by atoms with E-state index in [4.69, 9.17) is 21.1 Å². The largest absolute Gasteiger partial charge is 0.454 e. The zero-order valence-electron chi connectivity index (χ0n) is 14.1. The van der Waals surface area contributed by atoms with Crippen molar-refractivity contribution in [3.8, 4) is 0 Å². The van der Waals surface area contributed by atoms with E-state index in [0.717, 1.165) is 0 Å². The summed E-state index contributed by atoms with van der Waals surface area (Å²) in [6.45, 7) is 0.280. The summed E-state index contributed by atoms with van der Waals surface area (Å²) in [5.41, 5.74) is 0.217. The average molecular weight is 407 g/mol. The number of amides is 1. The quantitative estimate of drug-likeness (QED) is 0.656. The van der Waals surface area contributed by atoms with Gasteiger partial charge in [-0.25, -0.2) is 13.2 Å². The summed E-state index contributed by atoms with van der Waals surface area (Å²) in [6, 6.07) is 4.10. The molecule has 1 amide bonds. The Kier molecular flexibility index (Phi) is 7.35. The topological polar surface area (TPSA) is 111 Å². The van der Waals surface area contributed by atoms with Crippen LogP contribution in [-0.2, 0) is 33.8 Å². The highest BCUT2D eigenvalue weighted by molar-refractivity contribution is 7.89.